The van der Waals surface area contributed by atoms with Gasteiger partial charge in [0.15, 0.2) is 5.65 Å². The van der Waals surface area contributed by atoms with E-state index in [9.17, 15) is 0 Å². The van der Waals surface area contributed by atoms with Crippen LogP contribution in [0.25, 0.3) is 11.2 Å². The third kappa shape index (κ3) is 2.89. The van der Waals surface area contributed by atoms with E-state index in [4.69, 9.17) is 4.98 Å². The van der Waals surface area contributed by atoms with Gasteiger partial charge in [-0.2, -0.15) is 0 Å². The molecular weight excluding hydrogens is 272 g/mol. The van der Waals surface area contributed by atoms with Crippen LogP contribution in [0, 0.1) is 5.92 Å². The largest absolute Gasteiger partial charge is 0.296 e. The molecule has 3 heterocycles. The molecule has 4 heteroatoms. The number of nitrogens with zero attached hydrogens (tertiary/aromatic N) is 4. The summed E-state index contributed by atoms with van der Waals surface area (Å²) in [4.78, 5) is 12.2. The fourth-order valence-electron chi connectivity index (χ4n) is 3.61. The Hall–Kier alpha value is -1.42. The Morgan fingerprint density at radius 2 is 2.05 bits per heavy atom. The van der Waals surface area contributed by atoms with Crippen molar-refractivity contribution in [3.63, 3.8) is 0 Å². The molecule has 0 saturated carbocycles. The molecule has 4 nitrogen and oxygen atoms in total. The Balaban J connectivity index is 2.10. The van der Waals surface area contributed by atoms with Crippen molar-refractivity contribution in [3.8, 4) is 0 Å². The Morgan fingerprint density at radius 1 is 1.23 bits per heavy atom. The number of likely N-dealkylation sites (tertiary alicyclic amines) is 1. The van der Waals surface area contributed by atoms with E-state index in [-0.39, 0.29) is 0 Å². The van der Waals surface area contributed by atoms with Gasteiger partial charge in [-0.05, 0) is 51.2 Å². The van der Waals surface area contributed by atoms with Crippen molar-refractivity contribution in [2.45, 2.75) is 65.6 Å². The first-order chi connectivity index (χ1) is 10.6. The van der Waals surface area contributed by atoms with Crippen molar-refractivity contribution >= 4 is 11.2 Å². The minimum atomic E-state index is 0.405. The summed E-state index contributed by atoms with van der Waals surface area (Å²) < 4.78 is 2.43. The van der Waals surface area contributed by atoms with Gasteiger partial charge in [0.05, 0.1) is 6.17 Å². The predicted octanol–water partition coefficient (Wildman–Crippen LogP) is 4.02. The molecule has 2 aromatic heterocycles. The number of aromatic nitrogens is 3. The van der Waals surface area contributed by atoms with Gasteiger partial charge in [0.2, 0.25) is 0 Å². The molecule has 0 spiro atoms. The minimum Gasteiger partial charge on any atom is -0.296 e. The standard InChI is InChI=1S/C18H28N4/c1-13(2)12-16-20-15-8-7-10-19-18(15)22(16)17-9-5-6-11-21(17)14(3)4/h7-8,10,13-14,17H,5-6,9,11-12H2,1-4H3. The molecule has 1 unspecified atom stereocenters. The third-order valence-corrected chi connectivity index (χ3v) is 4.59. The van der Waals surface area contributed by atoms with Gasteiger partial charge in [-0.25, -0.2) is 9.97 Å². The highest BCUT2D eigenvalue weighted by Gasteiger charge is 2.29. The molecule has 0 bridgehead atoms. The molecule has 1 atom stereocenters. The van der Waals surface area contributed by atoms with E-state index in [0.717, 1.165) is 17.6 Å². The number of fused-ring (bicyclic) bond motifs is 1. The summed E-state index contributed by atoms with van der Waals surface area (Å²) in [7, 11) is 0. The van der Waals surface area contributed by atoms with Gasteiger partial charge >= 0.3 is 0 Å². The molecule has 0 amide bonds. The molecule has 0 radical (unpaired) electrons. The fraction of sp³-hybridized carbons (Fsp3) is 0.667. The Kier molecular flexibility index (Phi) is 4.48. The highest BCUT2D eigenvalue weighted by Crippen LogP contribution is 2.32. The lowest BCUT2D eigenvalue weighted by atomic mass is 10.0. The molecule has 3 rings (SSSR count). The number of piperidine rings is 1. The van der Waals surface area contributed by atoms with Crippen LogP contribution in [0.1, 0.15) is 58.9 Å². The van der Waals surface area contributed by atoms with Gasteiger partial charge < -0.3 is 0 Å². The maximum absolute atomic E-state index is 4.90. The first kappa shape index (κ1) is 15.5. The van der Waals surface area contributed by atoms with Crippen molar-refractivity contribution in [1.82, 2.24) is 19.4 Å². The lowest BCUT2D eigenvalue weighted by Crippen LogP contribution is -2.41. The van der Waals surface area contributed by atoms with E-state index in [1.807, 2.05) is 12.3 Å². The quantitative estimate of drug-likeness (QED) is 0.855. The Morgan fingerprint density at radius 3 is 2.77 bits per heavy atom. The van der Waals surface area contributed by atoms with Gasteiger partial charge in [0.25, 0.3) is 0 Å². The lowest BCUT2D eigenvalue weighted by Gasteiger charge is -2.40. The van der Waals surface area contributed by atoms with E-state index in [2.05, 4.69) is 48.2 Å². The zero-order chi connectivity index (χ0) is 15.7. The van der Waals surface area contributed by atoms with E-state index in [1.54, 1.807) is 0 Å². The summed E-state index contributed by atoms with van der Waals surface area (Å²) in [6, 6.07) is 4.63. The van der Waals surface area contributed by atoms with Crippen LogP contribution in [0.4, 0.5) is 0 Å². The van der Waals surface area contributed by atoms with Crippen LogP contribution in [0.2, 0.25) is 0 Å². The molecule has 2 aromatic rings. The number of hydrogen-bond donors (Lipinski definition) is 0. The van der Waals surface area contributed by atoms with E-state index in [1.165, 1.54) is 31.6 Å². The maximum Gasteiger partial charge on any atom is 0.161 e. The van der Waals surface area contributed by atoms with Gasteiger partial charge in [-0.1, -0.05) is 13.8 Å². The van der Waals surface area contributed by atoms with Crippen molar-refractivity contribution in [2.24, 2.45) is 5.92 Å². The average molecular weight is 300 g/mol. The topological polar surface area (TPSA) is 34.0 Å². The summed E-state index contributed by atoms with van der Waals surface area (Å²) in [6.45, 7) is 10.3. The van der Waals surface area contributed by atoms with Crippen LogP contribution < -0.4 is 0 Å². The van der Waals surface area contributed by atoms with Crippen LogP contribution in [-0.2, 0) is 6.42 Å². The first-order valence-corrected chi connectivity index (χ1v) is 8.65. The number of rotatable bonds is 4. The SMILES string of the molecule is CC(C)Cc1nc2cccnc2n1C1CCCCN1C(C)C. The Bertz CT molecular complexity index is 629. The van der Waals surface area contributed by atoms with Crippen LogP contribution >= 0.6 is 0 Å². The number of pyridine rings is 1. The van der Waals surface area contributed by atoms with Crippen LogP contribution in [-0.4, -0.2) is 32.0 Å². The van der Waals surface area contributed by atoms with Crippen molar-refractivity contribution in [3.05, 3.63) is 24.2 Å². The lowest BCUT2D eigenvalue weighted by molar-refractivity contribution is 0.0644. The van der Waals surface area contributed by atoms with E-state index in [0.29, 0.717) is 18.1 Å². The molecule has 22 heavy (non-hydrogen) atoms. The number of imidazole rings is 1. The van der Waals surface area contributed by atoms with Crippen molar-refractivity contribution in [1.29, 1.82) is 0 Å². The normalized spacial score (nSPS) is 20.4. The number of hydrogen-bond acceptors (Lipinski definition) is 3. The van der Waals surface area contributed by atoms with Gasteiger partial charge in [0.1, 0.15) is 11.3 Å². The summed E-state index contributed by atoms with van der Waals surface area (Å²) in [5, 5.41) is 0. The maximum atomic E-state index is 4.90. The zero-order valence-corrected chi connectivity index (χ0v) is 14.3. The molecule has 120 valence electrons. The molecule has 0 N–H and O–H groups in total. The van der Waals surface area contributed by atoms with Gasteiger partial charge in [-0.3, -0.25) is 9.47 Å². The summed E-state index contributed by atoms with van der Waals surface area (Å²) in [5.41, 5.74) is 2.09. The fourth-order valence-corrected chi connectivity index (χ4v) is 3.61. The summed E-state index contributed by atoms with van der Waals surface area (Å²) in [6.07, 6.45) is 7.10. The monoisotopic (exact) mass is 300 g/mol. The first-order valence-electron chi connectivity index (χ1n) is 8.65. The second kappa shape index (κ2) is 6.37. The van der Waals surface area contributed by atoms with Crippen molar-refractivity contribution in [2.75, 3.05) is 6.54 Å². The van der Waals surface area contributed by atoms with E-state index < -0.39 is 0 Å². The molecule has 1 aliphatic rings. The highest BCUT2D eigenvalue weighted by atomic mass is 15.3. The van der Waals surface area contributed by atoms with Crippen LogP contribution in [0.15, 0.2) is 18.3 Å². The minimum absolute atomic E-state index is 0.405. The summed E-state index contributed by atoms with van der Waals surface area (Å²) in [5.74, 6) is 1.80. The third-order valence-electron chi connectivity index (χ3n) is 4.59. The predicted molar refractivity (Wildman–Crippen MR) is 90.8 cm³/mol. The van der Waals surface area contributed by atoms with E-state index >= 15 is 0 Å². The second-order valence-electron chi connectivity index (χ2n) is 7.15. The zero-order valence-electron chi connectivity index (χ0n) is 14.3. The second-order valence-corrected chi connectivity index (χ2v) is 7.15. The highest BCUT2D eigenvalue weighted by molar-refractivity contribution is 5.71. The molecule has 1 fully saturated rings. The van der Waals surface area contributed by atoms with Gasteiger partial charge in [-0.15, -0.1) is 0 Å². The van der Waals surface area contributed by atoms with Gasteiger partial charge in [0, 0.05) is 25.2 Å². The molecule has 0 aromatic carbocycles. The molecular formula is C18H28N4. The molecule has 1 saturated heterocycles. The van der Waals surface area contributed by atoms with Crippen LogP contribution in [0.3, 0.4) is 0 Å². The van der Waals surface area contributed by atoms with Crippen molar-refractivity contribution < 1.29 is 0 Å². The summed E-state index contributed by atoms with van der Waals surface area (Å²) >= 11 is 0. The smallest absolute Gasteiger partial charge is 0.161 e. The molecule has 0 aliphatic carbocycles. The van der Waals surface area contributed by atoms with Crippen LogP contribution in [0.5, 0.6) is 0 Å². The molecule has 1 aliphatic heterocycles. The average Bonchev–Trinajstić information content (AvgIpc) is 2.84. The Labute approximate surface area is 133 Å².